The van der Waals surface area contributed by atoms with Gasteiger partial charge in [0.25, 0.3) is 11.9 Å². The summed E-state index contributed by atoms with van der Waals surface area (Å²) in [4.78, 5) is 119. The van der Waals surface area contributed by atoms with E-state index in [-0.39, 0.29) is 16.3 Å². The number of anilines is 1. The fraction of sp³-hybridized carbons (Fsp3) is 0.391. The van der Waals surface area contributed by atoms with Crippen LogP contribution in [0.3, 0.4) is 0 Å². The van der Waals surface area contributed by atoms with E-state index in [2.05, 4.69) is 16.0 Å². The maximum Gasteiger partial charge on any atom is 0.509 e. The lowest BCUT2D eigenvalue weighted by Gasteiger charge is -2.37. The van der Waals surface area contributed by atoms with Crippen molar-refractivity contribution < 1.29 is 76.1 Å². The molecule has 374 valence electrons. The van der Waals surface area contributed by atoms with Crippen molar-refractivity contribution in [3.8, 4) is 0 Å². The molecule has 0 aromatic heterocycles. The fourth-order valence-electron chi connectivity index (χ4n) is 6.75. The van der Waals surface area contributed by atoms with Gasteiger partial charge in [0.15, 0.2) is 12.1 Å². The summed E-state index contributed by atoms with van der Waals surface area (Å²) in [6.07, 6.45) is -6.22. The number of halogens is 3. The number of benzene rings is 3. The monoisotopic (exact) mass is 1050 g/mol. The van der Waals surface area contributed by atoms with E-state index in [0.717, 1.165) is 4.58 Å². The van der Waals surface area contributed by atoms with Crippen LogP contribution in [0.1, 0.15) is 70.4 Å². The highest BCUT2D eigenvalue weighted by molar-refractivity contribution is 8.14. The minimum atomic E-state index is -2.09. The van der Waals surface area contributed by atoms with Crippen LogP contribution in [0.2, 0.25) is 0 Å². The van der Waals surface area contributed by atoms with Gasteiger partial charge < -0.3 is 49.6 Å². The first kappa shape index (κ1) is 54.5. The van der Waals surface area contributed by atoms with Crippen molar-refractivity contribution in [2.45, 2.75) is 86.2 Å². The van der Waals surface area contributed by atoms with Gasteiger partial charge in [0.05, 0.1) is 0 Å². The van der Waals surface area contributed by atoms with E-state index in [1.165, 1.54) is 24.3 Å². The second-order valence-corrected chi connectivity index (χ2v) is 21.1. The predicted octanol–water partition coefficient (Wildman–Crippen LogP) is 5.79. The number of nitrogens with zero attached hydrogens (tertiary/aromatic N) is 1. The Morgan fingerprint density at radius 3 is 1.86 bits per heavy atom. The molecule has 24 heteroatoms. The number of carbonyl (C=O) groups excluding carboxylic acids is 9. The lowest BCUT2D eigenvalue weighted by molar-refractivity contribution is -0.504. The topological polar surface area (TPSA) is 274 Å². The van der Waals surface area contributed by atoms with Crippen LogP contribution in [0, 0.1) is 11.8 Å². The SMILES string of the molecule is CC(C)(C)OC(=O)N[C@H](COC(=O)Nc1ccc(C(OC(=O)OCC(Cl)(Cl)Cl)C(=O)NC2SC3=[N+](C(=O)[C@H]3C=O)C(C(=O)OC(c3ccccc3)c3ccccc3)C2C(N)=O)cc1)C(=O)OC(C)(C)C. The van der Waals surface area contributed by atoms with Gasteiger partial charge in [-0.05, 0) is 76.6 Å². The molecule has 0 saturated heterocycles. The Hall–Kier alpha value is -6.42. The molecule has 0 aliphatic carbocycles. The lowest BCUT2D eigenvalue weighted by atomic mass is 9.92. The molecule has 0 spiro atoms. The summed E-state index contributed by atoms with van der Waals surface area (Å²) in [6.45, 7) is 8.13. The highest BCUT2D eigenvalue weighted by Crippen LogP contribution is 2.40. The minimum absolute atomic E-state index is 0.000581. The third kappa shape index (κ3) is 15.0. The number of ether oxygens (including phenoxy) is 6. The Balaban J connectivity index is 1.40. The molecule has 2 heterocycles. The quantitative estimate of drug-likeness (QED) is 0.0330. The number of primary amides is 1. The molecule has 0 saturated carbocycles. The average molecular weight is 1050 g/mol. The van der Waals surface area contributed by atoms with E-state index in [1.54, 1.807) is 102 Å². The van der Waals surface area contributed by atoms with Crippen LogP contribution in [-0.4, -0.2) is 110 Å². The van der Waals surface area contributed by atoms with E-state index >= 15 is 0 Å². The Morgan fingerprint density at radius 2 is 1.34 bits per heavy atom. The summed E-state index contributed by atoms with van der Waals surface area (Å²) >= 11 is 17.9. The number of hydrogen-bond acceptors (Lipinski definition) is 16. The number of esters is 2. The van der Waals surface area contributed by atoms with Gasteiger partial charge in [-0.25, -0.2) is 28.8 Å². The van der Waals surface area contributed by atoms with Gasteiger partial charge >= 0.3 is 36.2 Å². The minimum Gasteiger partial charge on any atom is -0.458 e. The molecule has 0 radical (unpaired) electrons. The van der Waals surface area contributed by atoms with Crippen LogP contribution in [0.4, 0.5) is 20.1 Å². The molecule has 4 unspecified atom stereocenters. The number of carbonyl (C=O) groups is 9. The number of rotatable bonds is 16. The molecule has 3 aromatic carbocycles. The maximum absolute atomic E-state index is 14.4. The maximum atomic E-state index is 14.4. The molecule has 5 N–H and O–H groups in total. The molecule has 0 bridgehead atoms. The number of alkyl halides is 3. The Morgan fingerprint density at radius 1 is 0.771 bits per heavy atom. The third-order valence-corrected chi connectivity index (χ3v) is 11.3. The summed E-state index contributed by atoms with van der Waals surface area (Å²) in [6, 6.07) is 19.0. The fourth-order valence-corrected chi connectivity index (χ4v) is 8.40. The first-order chi connectivity index (χ1) is 32.7. The summed E-state index contributed by atoms with van der Waals surface area (Å²) < 4.78 is 31.0. The number of amides is 5. The standard InChI is InChI=1S/C46H48Cl3N5O15S/c1-44(2,3)68-39(59)29(52-42(62)69-45(4,5)6)22-64-41(61)51-27-19-17-26(18-20-27)33(67-43(63)65-23-46(47,48)49)35(57)53-36-30(34(50)56)31(54-37(58)28(21-55)38(54)70-36)40(60)66-32(24-13-9-7-10-14-24)25-15-11-8-12-16-25/h7-21,28-33,36H,22-23H2,1-6H3,(H4-,50,51,52,53,56,57,61,62)/p+1/t28-,29-,30?,31?,33?,36?/m1/s1. The molecular formula is C46H49Cl3N5O15S+. The first-order valence-corrected chi connectivity index (χ1v) is 23.1. The van der Waals surface area contributed by atoms with E-state index in [4.69, 9.17) is 69.0 Å². The average Bonchev–Trinajstić information content (AvgIpc) is 3.27. The number of aldehydes is 1. The van der Waals surface area contributed by atoms with Crippen molar-refractivity contribution in [1.29, 1.82) is 0 Å². The molecule has 0 fully saturated rings. The van der Waals surface area contributed by atoms with E-state index in [1.807, 2.05) is 0 Å². The number of hydrogen-bond donors (Lipinski definition) is 4. The van der Waals surface area contributed by atoms with Gasteiger partial charge in [-0.15, -0.1) is 4.58 Å². The first-order valence-electron chi connectivity index (χ1n) is 21.1. The van der Waals surface area contributed by atoms with Crippen molar-refractivity contribution in [3.05, 3.63) is 102 Å². The van der Waals surface area contributed by atoms with E-state index in [0.29, 0.717) is 29.2 Å². The lowest BCUT2D eigenvalue weighted by Crippen LogP contribution is -2.67. The highest BCUT2D eigenvalue weighted by Gasteiger charge is 2.65. The van der Waals surface area contributed by atoms with Crippen LogP contribution < -0.4 is 21.7 Å². The van der Waals surface area contributed by atoms with Crippen molar-refractivity contribution in [1.82, 2.24) is 10.6 Å². The molecule has 5 amide bonds. The van der Waals surface area contributed by atoms with Gasteiger partial charge in [0.1, 0.15) is 42.0 Å². The smallest absolute Gasteiger partial charge is 0.458 e. The zero-order chi connectivity index (χ0) is 51.7. The molecule has 5 rings (SSSR count). The summed E-state index contributed by atoms with van der Waals surface area (Å²) in [5.74, 6) is -8.21. The van der Waals surface area contributed by atoms with Crippen LogP contribution in [0.25, 0.3) is 0 Å². The van der Waals surface area contributed by atoms with Crippen LogP contribution in [0.5, 0.6) is 0 Å². The van der Waals surface area contributed by atoms with Gasteiger partial charge in [-0.1, -0.05) is 108 Å². The van der Waals surface area contributed by atoms with Crippen molar-refractivity contribution in [3.63, 3.8) is 0 Å². The third-order valence-electron chi connectivity index (χ3n) is 9.66. The largest absolute Gasteiger partial charge is 0.509 e. The van der Waals surface area contributed by atoms with Gasteiger partial charge in [-0.3, -0.25) is 14.9 Å². The van der Waals surface area contributed by atoms with Gasteiger partial charge in [0, 0.05) is 11.3 Å². The Kier molecular flexibility index (Phi) is 17.9. The number of alkyl carbamates (subject to hydrolysis) is 1. The van der Waals surface area contributed by atoms with Gasteiger partial charge in [0.2, 0.25) is 26.8 Å². The normalized spacial score (nSPS) is 18.6. The van der Waals surface area contributed by atoms with Crippen molar-refractivity contribution >= 4 is 112 Å². The molecule has 6 atom stereocenters. The van der Waals surface area contributed by atoms with Crippen LogP contribution in [-0.2, 0) is 57.2 Å². The second kappa shape index (κ2) is 23.0. The Bertz CT molecular complexity index is 2460. The highest BCUT2D eigenvalue weighted by atomic mass is 35.6. The molecular weight excluding hydrogens is 1000 g/mol. The molecule has 70 heavy (non-hydrogen) atoms. The summed E-state index contributed by atoms with van der Waals surface area (Å²) in [5.41, 5.74) is 5.09. The molecule has 2 aliphatic heterocycles. The van der Waals surface area contributed by atoms with Crippen molar-refractivity contribution in [2.24, 2.45) is 17.6 Å². The van der Waals surface area contributed by atoms with Crippen LogP contribution >= 0.6 is 46.6 Å². The van der Waals surface area contributed by atoms with Crippen molar-refractivity contribution in [2.75, 3.05) is 18.5 Å². The predicted molar refractivity (Wildman–Crippen MR) is 253 cm³/mol. The zero-order valence-corrected chi connectivity index (χ0v) is 41.4. The van der Waals surface area contributed by atoms with Gasteiger partial charge in [-0.2, -0.15) is 0 Å². The zero-order valence-electron chi connectivity index (χ0n) is 38.3. The van der Waals surface area contributed by atoms with E-state index < -0.39 is 118 Å². The summed E-state index contributed by atoms with van der Waals surface area (Å²) in [7, 11) is 0. The second-order valence-electron chi connectivity index (χ2n) is 17.4. The summed E-state index contributed by atoms with van der Waals surface area (Å²) in [5, 5.41) is 5.80. The molecule has 3 aromatic rings. The number of nitrogens with two attached hydrogens (primary N) is 1. The van der Waals surface area contributed by atoms with Crippen LogP contribution in [0.15, 0.2) is 84.9 Å². The number of thioether (sulfide) groups is 1. The van der Waals surface area contributed by atoms with E-state index in [9.17, 15) is 43.2 Å². The molecule has 20 nitrogen and oxygen atoms in total. The molecule has 2 aliphatic rings. The Labute approximate surface area is 420 Å². The number of nitrogens with one attached hydrogen (secondary N) is 3.